The summed E-state index contributed by atoms with van der Waals surface area (Å²) in [7, 11) is -3.81. The molecule has 2 aromatic heterocycles. The molecule has 0 amide bonds. The van der Waals surface area contributed by atoms with E-state index < -0.39 is 10.0 Å². The molecule has 0 spiro atoms. The van der Waals surface area contributed by atoms with Crippen molar-refractivity contribution in [2.75, 3.05) is 10.8 Å². The minimum absolute atomic E-state index is 0.0472. The van der Waals surface area contributed by atoms with Crippen LogP contribution in [-0.4, -0.2) is 29.3 Å². The molecule has 0 N–H and O–H groups in total. The Labute approximate surface area is 197 Å². The molecule has 0 unspecified atom stereocenters. The van der Waals surface area contributed by atoms with Crippen LogP contribution in [-0.2, 0) is 16.6 Å². The molecule has 0 aliphatic heterocycles. The van der Waals surface area contributed by atoms with Crippen molar-refractivity contribution in [2.45, 2.75) is 25.3 Å². The highest BCUT2D eigenvalue weighted by atomic mass is 35.5. The molecule has 0 fully saturated rings. The van der Waals surface area contributed by atoms with Crippen LogP contribution in [0.15, 0.2) is 88.7 Å². The monoisotopic (exact) mass is 482 g/mol. The molecule has 4 rings (SSSR count). The van der Waals surface area contributed by atoms with E-state index in [1.165, 1.54) is 33.4 Å². The Bertz CT molecular complexity index is 1430. The number of benzene rings is 2. The summed E-state index contributed by atoms with van der Waals surface area (Å²) in [5, 5.41) is 0.597. The zero-order valence-corrected chi connectivity index (χ0v) is 19.8. The van der Waals surface area contributed by atoms with Crippen molar-refractivity contribution in [2.24, 2.45) is 0 Å². The molecule has 4 aromatic rings. The number of anilines is 1. The highest BCUT2D eigenvalue weighted by Crippen LogP contribution is 2.23. The molecule has 33 heavy (non-hydrogen) atoms. The molecule has 0 aliphatic carbocycles. The van der Waals surface area contributed by atoms with Crippen LogP contribution in [0.2, 0.25) is 5.02 Å². The summed E-state index contributed by atoms with van der Waals surface area (Å²) in [6, 6.07) is 20.8. The van der Waals surface area contributed by atoms with Crippen LogP contribution < -0.4 is 9.86 Å². The molecule has 170 valence electrons. The van der Waals surface area contributed by atoms with Gasteiger partial charge in [0.15, 0.2) is 5.82 Å². The van der Waals surface area contributed by atoms with Gasteiger partial charge in [0, 0.05) is 29.5 Å². The second-order valence-corrected chi connectivity index (χ2v) is 9.71. The van der Waals surface area contributed by atoms with Gasteiger partial charge in [0.25, 0.3) is 15.6 Å². The zero-order valence-electron chi connectivity index (χ0n) is 18.2. The van der Waals surface area contributed by atoms with Gasteiger partial charge in [-0.15, -0.1) is 0 Å². The summed E-state index contributed by atoms with van der Waals surface area (Å²) in [6.07, 6.45) is 1.28. The van der Waals surface area contributed by atoms with Crippen molar-refractivity contribution in [3.8, 4) is 5.82 Å². The molecule has 0 saturated carbocycles. The predicted molar refractivity (Wildman–Crippen MR) is 130 cm³/mol. The fourth-order valence-electron chi connectivity index (χ4n) is 3.67. The van der Waals surface area contributed by atoms with E-state index in [1.54, 1.807) is 41.9 Å². The number of halogens is 1. The molecule has 0 saturated heterocycles. The quantitative estimate of drug-likeness (QED) is 0.394. The molecular formula is C24H23ClN4O3S. The van der Waals surface area contributed by atoms with E-state index in [0.717, 1.165) is 11.3 Å². The summed E-state index contributed by atoms with van der Waals surface area (Å²) in [6.45, 7) is 4.24. The van der Waals surface area contributed by atoms with Crippen molar-refractivity contribution in [1.82, 2.24) is 14.3 Å². The van der Waals surface area contributed by atoms with Gasteiger partial charge >= 0.3 is 0 Å². The third kappa shape index (κ3) is 4.44. The topological polar surface area (TPSA) is 77.2 Å². The fraction of sp³-hybridized carbons (Fsp3) is 0.167. The van der Waals surface area contributed by atoms with Gasteiger partial charge in [-0.2, -0.15) is 4.68 Å². The second-order valence-electron chi connectivity index (χ2n) is 7.44. The van der Waals surface area contributed by atoms with E-state index in [1.807, 2.05) is 31.2 Å². The molecule has 9 heteroatoms. The Kier molecular flexibility index (Phi) is 6.40. The van der Waals surface area contributed by atoms with Gasteiger partial charge in [0.1, 0.15) is 4.90 Å². The van der Waals surface area contributed by atoms with Crippen LogP contribution in [0, 0.1) is 6.92 Å². The second kappa shape index (κ2) is 9.25. The average molecular weight is 483 g/mol. The standard InChI is InChI=1S/C24H23ClN4O3S/c1-3-28(20-10-5-4-6-11-20)33(31,32)21-13-14-23(26-16-21)29-24(30)15-18(2)27(29)17-19-9-7-8-12-22(19)25/h4-16H,3,17H2,1-2H3. The number of para-hydroxylation sites is 1. The zero-order chi connectivity index (χ0) is 23.6. The number of aryl methyl sites for hydroxylation is 1. The molecule has 0 atom stereocenters. The lowest BCUT2D eigenvalue weighted by molar-refractivity contribution is 0.568. The van der Waals surface area contributed by atoms with Gasteiger partial charge in [0.2, 0.25) is 0 Å². The highest BCUT2D eigenvalue weighted by Gasteiger charge is 2.24. The first-order valence-electron chi connectivity index (χ1n) is 10.4. The lowest BCUT2D eigenvalue weighted by atomic mass is 10.2. The normalized spacial score (nSPS) is 11.5. The summed E-state index contributed by atoms with van der Waals surface area (Å²) in [5.74, 6) is 0.321. The third-order valence-electron chi connectivity index (χ3n) is 5.32. The maximum Gasteiger partial charge on any atom is 0.273 e. The number of nitrogens with zero attached hydrogens (tertiary/aromatic N) is 4. The van der Waals surface area contributed by atoms with Crippen LogP contribution in [0.3, 0.4) is 0 Å². The highest BCUT2D eigenvalue weighted by molar-refractivity contribution is 7.92. The maximum atomic E-state index is 13.2. The van der Waals surface area contributed by atoms with Crippen LogP contribution in [0.5, 0.6) is 0 Å². The number of sulfonamides is 1. The van der Waals surface area contributed by atoms with E-state index in [9.17, 15) is 13.2 Å². The number of aromatic nitrogens is 3. The predicted octanol–water partition coefficient (Wildman–Crippen LogP) is 4.26. The molecule has 7 nitrogen and oxygen atoms in total. The van der Waals surface area contributed by atoms with Gasteiger partial charge in [-0.25, -0.2) is 13.4 Å². The molecule has 0 radical (unpaired) electrons. The number of pyridine rings is 1. The smallest absolute Gasteiger partial charge is 0.273 e. The fourth-order valence-corrected chi connectivity index (χ4v) is 5.29. The lowest BCUT2D eigenvalue weighted by Crippen LogP contribution is -2.31. The van der Waals surface area contributed by atoms with Crippen LogP contribution in [0.25, 0.3) is 5.82 Å². The summed E-state index contributed by atoms with van der Waals surface area (Å²) >= 11 is 6.31. The Morgan fingerprint density at radius 2 is 1.70 bits per heavy atom. The first-order chi connectivity index (χ1) is 15.8. The number of hydrogen-bond donors (Lipinski definition) is 0. The van der Waals surface area contributed by atoms with Gasteiger partial charge in [-0.1, -0.05) is 48.0 Å². The average Bonchev–Trinajstić information content (AvgIpc) is 3.09. The molecule has 0 aliphatic rings. The van der Waals surface area contributed by atoms with Gasteiger partial charge < -0.3 is 0 Å². The minimum Gasteiger partial charge on any atom is -0.276 e. The lowest BCUT2D eigenvalue weighted by Gasteiger charge is -2.22. The van der Waals surface area contributed by atoms with Crippen LogP contribution in [0.4, 0.5) is 5.69 Å². The molecule has 2 aromatic carbocycles. The Morgan fingerprint density at radius 3 is 2.33 bits per heavy atom. The Balaban J connectivity index is 1.71. The van der Waals surface area contributed by atoms with Crippen molar-refractivity contribution < 1.29 is 8.42 Å². The number of rotatable bonds is 7. The first kappa shape index (κ1) is 22.8. The van der Waals surface area contributed by atoms with Gasteiger partial charge in [-0.3, -0.25) is 13.8 Å². The Morgan fingerprint density at radius 1 is 1.00 bits per heavy atom. The molecular weight excluding hydrogens is 460 g/mol. The van der Waals surface area contributed by atoms with Gasteiger partial charge in [0.05, 0.1) is 12.2 Å². The van der Waals surface area contributed by atoms with E-state index in [-0.39, 0.29) is 17.0 Å². The van der Waals surface area contributed by atoms with Crippen molar-refractivity contribution in [3.05, 3.63) is 106 Å². The Hall–Kier alpha value is -3.36. The van der Waals surface area contributed by atoms with E-state index in [2.05, 4.69) is 4.98 Å². The minimum atomic E-state index is -3.81. The SMILES string of the molecule is CCN(c1ccccc1)S(=O)(=O)c1ccc(-n2c(=O)cc(C)n2Cc2ccccc2Cl)nc1. The summed E-state index contributed by atoms with van der Waals surface area (Å²) < 4.78 is 31.0. The van der Waals surface area contributed by atoms with Crippen molar-refractivity contribution >= 4 is 27.3 Å². The number of hydrogen-bond acceptors (Lipinski definition) is 4. The van der Waals surface area contributed by atoms with Crippen LogP contribution in [0.1, 0.15) is 18.2 Å². The molecule has 0 bridgehead atoms. The summed E-state index contributed by atoms with van der Waals surface area (Å²) in [4.78, 5) is 17.1. The van der Waals surface area contributed by atoms with Gasteiger partial charge in [-0.05, 0) is 49.7 Å². The van der Waals surface area contributed by atoms with Crippen molar-refractivity contribution in [3.63, 3.8) is 0 Å². The van der Waals surface area contributed by atoms with E-state index in [0.29, 0.717) is 23.1 Å². The third-order valence-corrected chi connectivity index (χ3v) is 7.58. The van der Waals surface area contributed by atoms with E-state index in [4.69, 9.17) is 11.6 Å². The largest absolute Gasteiger partial charge is 0.276 e. The summed E-state index contributed by atoms with van der Waals surface area (Å²) in [5.41, 5.74) is 1.90. The first-order valence-corrected chi connectivity index (χ1v) is 12.2. The van der Waals surface area contributed by atoms with Crippen LogP contribution >= 0.6 is 11.6 Å². The van der Waals surface area contributed by atoms with E-state index >= 15 is 0 Å². The maximum absolute atomic E-state index is 13.2. The van der Waals surface area contributed by atoms with Crippen molar-refractivity contribution in [1.29, 1.82) is 0 Å². The molecule has 2 heterocycles.